The van der Waals surface area contributed by atoms with E-state index in [9.17, 15) is 9.59 Å². The summed E-state index contributed by atoms with van der Waals surface area (Å²) in [5.74, 6) is -1.34. The van der Waals surface area contributed by atoms with Gasteiger partial charge in [0.05, 0.1) is 12.5 Å². The molecule has 1 atom stereocenters. The average molecular weight is 228 g/mol. The summed E-state index contributed by atoms with van der Waals surface area (Å²) in [6, 6.07) is 0. The van der Waals surface area contributed by atoms with Gasteiger partial charge in [-0.3, -0.25) is 14.5 Å². The van der Waals surface area contributed by atoms with Crippen molar-refractivity contribution in [2.45, 2.75) is 26.3 Å². The summed E-state index contributed by atoms with van der Waals surface area (Å²) < 4.78 is 0. The molecule has 5 nitrogen and oxygen atoms in total. The Kier molecular flexibility index (Phi) is 3.57. The quantitative estimate of drug-likeness (QED) is 0.699. The Bertz CT molecular complexity index is 296. The topological polar surface area (TPSA) is 60.9 Å². The molecule has 1 saturated heterocycles. The molecular weight excluding hydrogens is 208 g/mol. The van der Waals surface area contributed by atoms with Gasteiger partial charge in [0.2, 0.25) is 5.91 Å². The van der Waals surface area contributed by atoms with Gasteiger partial charge in [-0.1, -0.05) is 0 Å². The van der Waals surface area contributed by atoms with E-state index < -0.39 is 11.9 Å². The van der Waals surface area contributed by atoms with Crippen molar-refractivity contribution < 1.29 is 14.7 Å². The highest BCUT2D eigenvalue weighted by Gasteiger charge is 2.35. The fourth-order valence-corrected chi connectivity index (χ4v) is 1.94. The van der Waals surface area contributed by atoms with E-state index in [-0.39, 0.29) is 11.4 Å². The monoisotopic (exact) mass is 228 g/mol. The van der Waals surface area contributed by atoms with Crippen molar-refractivity contribution in [3.8, 4) is 0 Å². The van der Waals surface area contributed by atoms with Crippen molar-refractivity contribution in [1.82, 2.24) is 9.80 Å². The molecule has 1 N–H and O–H groups in total. The number of carboxylic acid groups (broad SMARTS) is 1. The molecular formula is C11H20N2O3. The van der Waals surface area contributed by atoms with E-state index >= 15 is 0 Å². The number of carboxylic acids is 1. The van der Waals surface area contributed by atoms with Crippen molar-refractivity contribution in [3.63, 3.8) is 0 Å². The van der Waals surface area contributed by atoms with Gasteiger partial charge < -0.3 is 10.0 Å². The second-order valence-electron chi connectivity index (χ2n) is 5.41. The van der Waals surface area contributed by atoms with Crippen LogP contribution in [0.15, 0.2) is 0 Å². The normalized spacial score (nSPS) is 24.4. The molecule has 1 fully saturated rings. The maximum Gasteiger partial charge on any atom is 0.309 e. The third-order valence-corrected chi connectivity index (χ3v) is 2.80. The zero-order valence-electron chi connectivity index (χ0n) is 10.4. The van der Waals surface area contributed by atoms with Gasteiger partial charge in [0.15, 0.2) is 0 Å². The molecule has 1 rings (SSSR count). The minimum Gasteiger partial charge on any atom is -0.481 e. The molecule has 1 amide bonds. The fraction of sp³-hybridized carbons (Fsp3) is 0.818. The van der Waals surface area contributed by atoms with Gasteiger partial charge in [0.25, 0.3) is 0 Å². The summed E-state index contributed by atoms with van der Waals surface area (Å²) in [6.45, 7) is 6.79. The smallest absolute Gasteiger partial charge is 0.309 e. The molecule has 0 aliphatic carbocycles. The van der Waals surface area contributed by atoms with E-state index in [1.807, 2.05) is 20.8 Å². The number of carbonyl (C=O) groups is 2. The van der Waals surface area contributed by atoms with E-state index in [4.69, 9.17) is 5.11 Å². The summed E-state index contributed by atoms with van der Waals surface area (Å²) in [4.78, 5) is 26.4. The molecule has 0 aromatic rings. The highest BCUT2D eigenvalue weighted by molar-refractivity contribution is 5.81. The second kappa shape index (κ2) is 4.41. The third kappa shape index (κ3) is 2.95. The zero-order valence-corrected chi connectivity index (χ0v) is 10.4. The highest BCUT2D eigenvalue weighted by Crippen LogP contribution is 2.19. The summed E-state index contributed by atoms with van der Waals surface area (Å²) in [7, 11) is 1.78. The van der Waals surface area contributed by atoms with Crippen molar-refractivity contribution in [1.29, 1.82) is 0 Å². The molecule has 5 heteroatoms. The fourth-order valence-electron chi connectivity index (χ4n) is 1.94. The Morgan fingerprint density at radius 2 is 1.94 bits per heavy atom. The SMILES string of the molecule is CN1CC(=O)N(C(C)(C)C)CC(C(=O)O)C1. The highest BCUT2D eigenvalue weighted by atomic mass is 16.4. The first-order chi connectivity index (χ1) is 7.21. The third-order valence-electron chi connectivity index (χ3n) is 2.80. The standard InChI is InChI=1S/C11H20N2O3/c1-11(2,3)13-6-8(10(15)16)5-12(4)7-9(13)14/h8H,5-7H2,1-4H3,(H,15,16). The van der Waals surface area contributed by atoms with E-state index in [1.54, 1.807) is 16.8 Å². The molecule has 1 unspecified atom stereocenters. The summed E-state index contributed by atoms with van der Waals surface area (Å²) in [5.41, 5.74) is -0.323. The van der Waals surface area contributed by atoms with Crippen molar-refractivity contribution in [3.05, 3.63) is 0 Å². The number of amides is 1. The molecule has 1 heterocycles. The Morgan fingerprint density at radius 1 is 1.38 bits per heavy atom. The van der Waals surface area contributed by atoms with Crippen LogP contribution in [0.3, 0.4) is 0 Å². The molecule has 16 heavy (non-hydrogen) atoms. The minimum absolute atomic E-state index is 0.00116. The number of aliphatic carboxylic acids is 1. The van der Waals surface area contributed by atoms with E-state index in [2.05, 4.69) is 0 Å². The van der Waals surface area contributed by atoms with Crippen LogP contribution in [0.1, 0.15) is 20.8 Å². The van der Waals surface area contributed by atoms with E-state index in [0.717, 1.165) is 0 Å². The number of likely N-dealkylation sites (N-methyl/N-ethyl adjacent to an activating group) is 1. The molecule has 0 saturated carbocycles. The Morgan fingerprint density at radius 3 is 2.38 bits per heavy atom. The Labute approximate surface area is 96.0 Å². The van der Waals surface area contributed by atoms with Crippen LogP contribution < -0.4 is 0 Å². The zero-order chi connectivity index (χ0) is 12.5. The summed E-state index contributed by atoms with van der Waals surface area (Å²) in [5, 5.41) is 9.09. The first-order valence-electron chi connectivity index (χ1n) is 5.43. The van der Waals surface area contributed by atoms with Crippen LogP contribution in [0.25, 0.3) is 0 Å². The number of hydrogen-bond donors (Lipinski definition) is 1. The molecule has 0 radical (unpaired) electrons. The van der Waals surface area contributed by atoms with Crippen LogP contribution in [0.4, 0.5) is 0 Å². The first kappa shape index (κ1) is 13.0. The van der Waals surface area contributed by atoms with Crippen LogP contribution in [-0.2, 0) is 9.59 Å². The minimum atomic E-state index is -0.837. The first-order valence-corrected chi connectivity index (χ1v) is 5.43. The van der Waals surface area contributed by atoms with Crippen LogP contribution in [0, 0.1) is 5.92 Å². The van der Waals surface area contributed by atoms with Gasteiger partial charge in [-0.05, 0) is 27.8 Å². The molecule has 0 bridgehead atoms. The van der Waals surface area contributed by atoms with Crippen LogP contribution in [0.5, 0.6) is 0 Å². The molecule has 1 aliphatic heterocycles. The molecule has 92 valence electrons. The molecule has 0 aromatic carbocycles. The number of rotatable bonds is 1. The van der Waals surface area contributed by atoms with E-state index in [1.165, 1.54) is 0 Å². The van der Waals surface area contributed by atoms with Gasteiger partial charge in [-0.25, -0.2) is 0 Å². The summed E-state index contributed by atoms with van der Waals surface area (Å²) >= 11 is 0. The van der Waals surface area contributed by atoms with Gasteiger partial charge in [-0.15, -0.1) is 0 Å². The molecule has 0 spiro atoms. The van der Waals surface area contributed by atoms with Crippen LogP contribution >= 0.6 is 0 Å². The average Bonchev–Trinajstić information content (AvgIpc) is 2.22. The van der Waals surface area contributed by atoms with Crippen LogP contribution in [0.2, 0.25) is 0 Å². The lowest BCUT2D eigenvalue weighted by atomic mass is 10.0. The number of carbonyl (C=O) groups excluding carboxylic acids is 1. The number of nitrogens with zero attached hydrogens (tertiary/aromatic N) is 2. The lowest BCUT2D eigenvalue weighted by Gasteiger charge is -2.35. The maximum absolute atomic E-state index is 11.9. The second-order valence-corrected chi connectivity index (χ2v) is 5.41. The number of hydrogen-bond acceptors (Lipinski definition) is 3. The van der Waals surface area contributed by atoms with Gasteiger partial charge >= 0.3 is 5.97 Å². The lowest BCUT2D eigenvalue weighted by Crippen LogP contribution is -2.49. The van der Waals surface area contributed by atoms with Gasteiger partial charge in [0, 0.05) is 18.6 Å². The van der Waals surface area contributed by atoms with Gasteiger partial charge in [0.1, 0.15) is 0 Å². The Balaban J connectivity index is 2.92. The molecule has 0 aromatic heterocycles. The lowest BCUT2D eigenvalue weighted by molar-refractivity contribution is -0.143. The molecule has 1 aliphatic rings. The van der Waals surface area contributed by atoms with Crippen LogP contribution in [-0.4, -0.2) is 59.0 Å². The Hall–Kier alpha value is -1.10. The maximum atomic E-state index is 11.9. The van der Waals surface area contributed by atoms with Gasteiger partial charge in [-0.2, -0.15) is 0 Å². The van der Waals surface area contributed by atoms with E-state index in [0.29, 0.717) is 19.6 Å². The predicted molar refractivity (Wildman–Crippen MR) is 60.1 cm³/mol. The summed E-state index contributed by atoms with van der Waals surface area (Å²) in [6.07, 6.45) is 0. The van der Waals surface area contributed by atoms with Crippen molar-refractivity contribution in [2.75, 3.05) is 26.7 Å². The van der Waals surface area contributed by atoms with Crippen molar-refractivity contribution in [2.24, 2.45) is 5.92 Å². The van der Waals surface area contributed by atoms with Crippen molar-refractivity contribution >= 4 is 11.9 Å². The largest absolute Gasteiger partial charge is 0.481 e. The predicted octanol–water partition coefficient (Wildman–Crippen LogP) is 0.260.